The molecule has 0 spiro atoms. The average Bonchev–Trinajstić information content (AvgIpc) is 2.60. The van der Waals surface area contributed by atoms with Gasteiger partial charge in [-0.05, 0) is 20.8 Å². The molecule has 0 atom stereocenters. The maximum Gasteiger partial charge on any atom is 0.410 e. The van der Waals surface area contributed by atoms with Crippen LogP contribution in [0.4, 0.5) is 4.79 Å². The Morgan fingerprint density at radius 2 is 2.28 bits per heavy atom. The van der Waals surface area contributed by atoms with Crippen LogP contribution in [0, 0.1) is 0 Å². The average molecular weight is 254 g/mol. The lowest BCUT2D eigenvalue weighted by molar-refractivity contribution is 0.00587. The minimum Gasteiger partial charge on any atom is -0.444 e. The van der Waals surface area contributed by atoms with E-state index in [1.165, 1.54) is 6.20 Å². The Kier molecular flexibility index (Phi) is 3.30. The summed E-state index contributed by atoms with van der Waals surface area (Å²) in [4.78, 5) is 17.4. The smallest absolute Gasteiger partial charge is 0.410 e. The first-order valence-electron chi connectivity index (χ1n) is 5.92. The van der Waals surface area contributed by atoms with Crippen LogP contribution in [0.5, 0.6) is 0 Å². The molecule has 1 fully saturated rings. The standard InChI is InChI=1S/C12H18N2O4/c1-12(2,3)18-11(16)14-5-8(6-14)10-13-4-9(7-15)17-10/h4,8,15H,5-7H2,1-3H3. The fourth-order valence-electron chi connectivity index (χ4n) is 1.69. The van der Waals surface area contributed by atoms with E-state index in [1.807, 2.05) is 20.8 Å². The number of likely N-dealkylation sites (tertiary alicyclic amines) is 1. The summed E-state index contributed by atoms with van der Waals surface area (Å²) in [7, 11) is 0. The fraction of sp³-hybridized carbons (Fsp3) is 0.667. The van der Waals surface area contributed by atoms with Crippen molar-refractivity contribution in [2.75, 3.05) is 13.1 Å². The molecule has 1 saturated heterocycles. The number of carbonyl (C=O) groups excluding carboxylic acids is 1. The van der Waals surface area contributed by atoms with Gasteiger partial charge in [0.25, 0.3) is 0 Å². The molecule has 1 amide bonds. The molecule has 0 saturated carbocycles. The van der Waals surface area contributed by atoms with E-state index >= 15 is 0 Å². The van der Waals surface area contributed by atoms with Gasteiger partial charge in [-0.2, -0.15) is 0 Å². The van der Waals surface area contributed by atoms with Crippen molar-refractivity contribution < 1.29 is 19.1 Å². The Morgan fingerprint density at radius 3 is 2.78 bits per heavy atom. The van der Waals surface area contributed by atoms with Crippen molar-refractivity contribution in [2.45, 2.75) is 38.9 Å². The van der Waals surface area contributed by atoms with Crippen molar-refractivity contribution in [3.8, 4) is 0 Å². The summed E-state index contributed by atoms with van der Waals surface area (Å²) in [6.07, 6.45) is 1.19. The number of aliphatic hydroxyl groups is 1. The first kappa shape index (κ1) is 12.9. The summed E-state index contributed by atoms with van der Waals surface area (Å²) >= 11 is 0. The number of nitrogens with zero attached hydrogens (tertiary/aromatic N) is 2. The minimum atomic E-state index is -0.477. The van der Waals surface area contributed by atoms with Crippen LogP contribution in [0.2, 0.25) is 0 Å². The SMILES string of the molecule is CC(C)(C)OC(=O)N1CC(c2ncc(CO)o2)C1. The highest BCUT2D eigenvalue weighted by molar-refractivity contribution is 5.69. The van der Waals surface area contributed by atoms with E-state index in [9.17, 15) is 4.79 Å². The van der Waals surface area contributed by atoms with Gasteiger partial charge >= 0.3 is 6.09 Å². The minimum absolute atomic E-state index is 0.0952. The third-order valence-electron chi connectivity index (χ3n) is 2.61. The van der Waals surface area contributed by atoms with Gasteiger partial charge in [-0.1, -0.05) is 0 Å². The lowest BCUT2D eigenvalue weighted by atomic mass is 10.0. The summed E-state index contributed by atoms with van der Waals surface area (Å²) in [5, 5.41) is 8.87. The van der Waals surface area contributed by atoms with Gasteiger partial charge in [-0.15, -0.1) is 0 Å². The number of hydrogen-bond acceptors (Lipinski definition) is 5. The molecule has 1 aliphatic rings. The maximum absolute atomic E-state index is 11.7. The molecule has 6 nitrogen and oxygen atoms in total. The van der Waals surface area contributed by atoms with Gasteiger partial charge in [-0.3, -0.25) is 0 Å². The van der Waals surface area contributed by atoms with Gasteiger partial charge in [0.1, 0.15) is 18.0 Å². The van der Waals surface area contributed by atoms with Crippen LogP contribution >= 0.6 is 0 Å². The highest BCUT2D eigenvalue weighted by Crippen LogP contribution is 2.28. The lowest BCUT2D eigenvalue weighted by Gasteiger charge is -2.38. The van der Waals surface area contributed by atoms with E-state index in [0.717, 1.165) is 0 Å². The van der Waals surface area contributed by atoms with Crippen molar-refractivity contribution in [3.05, 3.63) is 17.8 Å². The number of amides is 1. The highest BCUT2D eigenvalue weighted by atomic mass is 16.6. The van der Waals surface area contributed by atoms with E-state index in [1.54, 1.807) is 4.90 Å². The number of ether oxygens (including phenoxy) is 1. The number of aliphatic hydroxyl groups excluding tert-OH is 1. The van der Waals surface area contributed by atoms with Gasteiger partial charge in [0.2, 0.25) is 5.89 Å². The third-order valence-corrected chi connectivity index (χ3v) is 2.61. The predicted molar refractivity (Wildman–Crippen MR) is 63.0 cm³/mol. The van der Waals surface area contributed by atoms with Gasteiger partial charge in [0.15, 0.2) is 0 Å². The molecule has 18 heavy (non-hydrogen) atoms. The zero-order valence-electron chi connectivity index (χ0n) is 10.8. The van der Waals surface area contributed by atoms with Crippen LogP contribution < -0.4 is 0 Å². The van der Waals surface area contributed by atoms with E-state index in [4.69, 9.17) is 14.3 Å². The first-order chi connectivity index (χ1) is 8.39. The first-order valence-corrected chi connectivity index (χ1v) is 5.92. The van der Waals surface area contributed by atoms with Crippen LogP contribution in [-0.2, 0) is 11.3 Å². The fourth-order valence-corrected chi connectivity index (χ4v) is 1.69. The topological polar surface area (TPSA) is 75.8 Å². The van der Waals surface area contributed by atoms with Crippen molar-refractivity contribution in [1.82, 2.24) is 9.88 Å². The van der Waals surface area contributed by atoms with Crippen molar-refractivity contribution >= 4 is 6.09 Å². The molecule has 0 bridgehead atoms. The van der Waals surface area contributed by atoms with Gasteiger partial charge in [0.05, 0.1) is 12.1 Å². The Hall–Kier alpha value is -1.56. The molecule has 2 heterocycles. The van der Waals surface area contributed by atoms with Crippen LogP contribution in [0.1, 0.15) is 38.3 Å². The Labute approximate surface area is 106 Å². The molecule has 0 aliphatic carbocycles. The monoisotopic (exact) mass is 254 g/mol. The molecule has 0 radical (unpaired) electrons. The molecule has 0 aromatic carbocycles. The molecular weight excluding hydrogens is 236 g/mol. The molecule has 2 rings (SSSR count). The molecule has 1 aromatic heterocycles. The second-order valence-corrected chi connectivity index (χ2v) is 5.41. The zero-order chi connectivity index (χ0) is 13.3. The van der Waals surface area contributed by atoms with Crippen LogP contribution in [0.25, 0.3) is 0 Å². The normalized spacial score (nSPS) is 16.6. The number of hydrogen-bond donors (Lipinski definition) is 1. The van der Waals surface area contributed by atoms with E-state index < -0.39 is 5.60 Å². The molecule has 0 unspecified atom stereocenters. The number of carbonyl (C=O) groups is 1. The van der Waals surface area contributed by atoms with Crippen LogP contribution in [-0.4, -0.2) is 39.8 Å². The summed E-state index contributed by atoms with van der Waals surface area (Å²) < 4.78 is 10.6. The van der Waals surface area contributed by atoms with Crippen LogP contribution in [0.15, 0.2) is 10.6 Å². The lowest BCUT2D eigenvalue weighted by Crippen LogP contribution is -2.50. The second-order valence-electron chi connectivity index (χ2n) is 5.41. The van der Waals surface area contributed by atoms with Crippen molar-refractivity contribution in [1.29, 1.82) is 0 Å². The summed E-state index contributed by atoms with van der Waals surface area (Å²) in [5.41, 5.74) is -0.477. The summed E-state index contributed by atoms with van der Waals surface area (Å²) in [6, 6.07) is 0. The molecule has 1 aliphatic heterocycles. The van der Waals surface area contributed by atoms with E-state index in [0.29, 0.717) is 24.7 Å². The molecule has 100 valence electrons. The summed E-state index contributed by atoms with van der Waals surface area (Å²) in [6.45, 7) is 6.44. The molecule has 1 aromatic rings. The number of rotatable bonds is 2. The molecule has 1 N–H and O–H groups in total. The highest BCUT2D eigenvalue weighted by Gasteiger charge is 2.37. The molecular formula is C12H18N2O4. The zero-order valence-corrected chi connectivity index (χ0v) is 10.8. The Bertz CT molecular complexity index is 430. The van der Waals surface area contributed by atoms with Crippen molar-refractivity contribution in [2.24, 2.45) is 0 Å². The number of oxazole rings is 1. The van der Waals surface area contributed by atoms with Crippen molar-refractivity contribution in [3.63, 3.8) is 0 Å². The Morgan fingerprint density at radius 1 is 1.61 bits per heavy atom. The van der Waals surface area contributed by atoms with Gasteiger partial charge in [0, 0.05) is 13.1 Å². The van der Waals surface area contributed by atoms with E-state index in [-0.39, 0.29) is 18.6 Å². The summed E-state index contributed by atoms with van der Waals surface area (Å²) in [5.74, 6) is 1.11. The predicted octanol–water partition coefficient (Wildman–Crippen LogP) is 1.50. The maximum atomic E-state index is 11.7. The Balaban J connectivity index is 1.85. The van der Waals surface area contributed by atoms with E-state index in [2.05, 4.69) is 4.98 Å². The third kappa shape index (κ3) is 2.81. The van der Waals surface area contributed by atoms with Gasteiger partial charge in [-0.25, -0.2) is 9.78 Å². The molecule has 6 heteroatoms. The number of aromatic nitrogens is 1. The largest absolute Gasteiger partial charge is 0.444 e. The van der Waals surface area contributed by atoms with Gasteiger partial charge < -0.3 is 19.2 Å². The quantitative estimate of drug-likeness (QED) is 0.865. The second kappa shape index (κ2) is 4.61. The van der Waals surface area contributed by atoms with Crippen LogP contribution in [0.3, 0.4) is 0 Å².